The maximum Gasteiger partial charge on any atom is 0.308 e. The first-order chi connectivity index (χ1) is 7.02. The number of amides is 1. The molecule has 1 aromatic rings. The van der Waals surface area contributed by atoms with Gasteiger partial charge in [0.2, 0.25) is 5.82 Å². The van der Waals surface area contributed by atoms with Crippen LogP contribution in [0.1, 0.15) is 17.5 Å². The van der Waals surface area contributed by atoms with Gasteiger partial charge in [-0.25, -0.2) is 4.98 Å². The molecule has 0 spiro atoms. The topological polar surface area (TPSA) is 99.2 Å². The number of aromatic nitrogens is 3. The fourth-order valence-corrected chi connectivity index (χ4v) is 1.06. The quantitative estimate of drug-likeness (QED) is 0.707. The summed E-state index contributed by atoms with van der Waals surface area (Å²) in [6, 6.07) is 0. The summed E-state index contributed by atoms with van der Waals surface area (Å²) in [5, 5.41) is 14.6. The largest absolute Gasteiger partial charge is 0.481 e. The lowest BCUT2D eigenvalue weighted by Crippen LogP contribution is -2.34. The molecule has 1 unspecified atom stereocenters. The van der Waals surface area contributed by atoms with E-state index in [0.717, 1.165) is 0 Å². The van der Waals surface area contributed by atoms with Crippen molar-refractivity contribution in [2.45, 2.75) is 6.92 Å². The van der Waals surface area contributed by atoms with Crippen molar-refractivity contribution in [3.8, 4) is 0 Å². The number of H-pyrrole nitrogens is 1. The van der Waals surface area contributed by atoms with E-state index < -0.39 is 11.9 Å². The maximum absolute atomic E-state index is 11.6. The van der Waals surface area contributed by atoms with Gasteiger partial charge in [-0.15, -0.1) is 0 Å². The molecule has 82 valence electrons. The number of nitrogens with one attached hydrogen (secondary N) is 1. The Kier molecular flexibility index (Phi) is 3.37. The van der Waals surface area contributed by atoms with Gasteiger partial charge in [0.1, 0.15) is 6.33 Å². The number of carboxylic acids is 1. The minimum absolute atomic E-state index is 0.107. The van der Waals surface area contributed by atoms with Crippen LogP contribution >= 0.6 is 0 Å². The molecular formula is C8H12N4O3. The number of hydrogen-bond acceptors (Lipinski definition) is 4. The number of aromatic amines is 1. The number of aliphatic carboxylic acids is 1. The third-order valence-corrected chi connectivity index (χ3v) is 1.93. The summed E-state index contributed by atoms with van der Waals surface area (Å²) in [4.78, 5) is 27.1. The highest BCUT2D eigenvalue weighted by Crippen LogP contribution is 2.01. The fourth-order valence-electron chi connectivity index (χ4n) is 1.06. The summed E-state index contributed by atoms with van der Waals surface area (Å²) >= 11 is 0. The molecule has 0 bridgehead atoms. The number of rotatable bonds is 4. The zero-order valence-electron chi connectivity index (χ0n) is 8.47. The zero-order valence-corrected chi connectivity index (χ0v) is 8.47. The molecule has 1 heterocycles. The Morgan fingerprint density at radius 1 is 1.67 bits per heavy atom. The summed E-state index contributed by atoms with van der Waals surface area (Å²) in [5.41, 5.74) is 0. The molecule has 0 aromatic carbocycles. The van der Waals surface area contributed by atoms with E-state index in [1.807, 2.05) is 0 Å². The molecule has 1 atom stereocenters. The number of nitrogens with zero attached hydrogens (tertiary/aromatic N) is 3. The molecule has 1 rings (SSSR count). The van der Waals surface area contributed by atoms with E-state index in [0.29, 0.717) is 0 Å². The van der Waals surface area contributed by atoms with Gasteiger partial charge >= 0.3 is 5.97 Å². The fraction of sp³-hybridized carbons (Fsp3) is 0.500. The molecule has 0 aliphatic carbocycles. The Morgan fingerprint density at radius 2 is 2.33 bits per heavy atom. The van der Waals surface area contributed by atoms with Gasteiger partial charge in [0.15, 0.2) is 0 Å². The average Bonchev–Trinajstić information content (AvgIpc) is 2.68. The molecule has 0 aliphatic heterocycles. The van der Waals surface area contributed by atoms with Crippen LogP contribution in [-0.2, 0) is 4.79 Å². The first kappa shape index (κ1) is 11.2. The van der Waals surface area contributed by atoms with Crippen LogP contribution in [0.3, 0.4) is 0 Å². The molecule has 15 heavy (non-hydrogen) atoms. The van der Waals surface area contributed by atoms with Crippen molar-refractivity contribution < 1.29 is 14.7 Å². The van der Waals surface area contributed by atoms with Gasteiger partial charge in [-0.3, -0.25) is 14.7 Å². The lowest BCUT2D eigenvalue weighted by Gasteiger charge is -2.17. The van der Waals surface area contributed by atoms with Crippen molar-refractivity contribution in [2.75, 3.05) is 13.6 Å². The lowest BCUT2D eigenvalue weighted by molar-refractivity contribution is -0.141. The van der Waals surface area contributed by atoms with E-state index in [1.54, 1.807) is 0 Å². The van der Waals surface area contributed by atoms with Crippen LogP contribution < -0.4 is 0 Å². The first-order valence-corrected chi connectivity index (χ1v) is 4.36. The maximum atomic E-state index is 11.6. The van der Waals surface area contributed by atoms with Gasteiger partial charge in [-0.2, -0.15) is 5.10 Å². The van der Waals surface area contributed by atoms with Gasteiger partial charge in [-0.05, 0) is 0 Å². The van der Waals surface area contributed by atoms with Gasteiger partial charge in [0, 0.05) is 13.6 Å². The van der Waals surface area contributed by atoms with Crippen molar-refractivity contribution in [3.63, 3.8) is 0 Å². The molecule has 7 heteroatoms. The molecular weight excluding hydrogens is 200 g/mol. The monoisotopic (exact) mass is 212 g/mol. The van der Waals surface area contributed by atoms with E-state index >= 15 is 0 Å². The van der Waals surface area contributed by atoms with Crippen molar-refractivity contribution in [1.29, 1.82) is 0 Å². The molecule has 1 amide bonds. The second-order valence-electron chi connectivity index (χ2n) is 3.26. The number of hydrogen-bond donors (Lipinski definition) is 2. The van der Waals surface area contributed by atoms with Crippen molar-refractivity contribution >= 4 is 11.9 Å². The Bertz CT molecular complexity index is 349. The number of carbonyl (C=O) groups is 2. The minimum atomic E-state index is -0.938. The van der Waals surface area contributed by atoms with Crippen molar-refractivity contribution in [2.24, 2.45) is 5.92 Å². The zero-order chi connectivity index (χ0) is 11.4. The molecule has 1 aromatic heterocycles. The SMILES string of the molecule is CC(CN(C)C(=O)c1ncn[nH]1)C(=O)O. The van der Waals surface area contributed by atoms with Crippen LogP contribution in [0.15, 0.2) is 6.33 Å². The minimum Gasteiger partial charge on any atom is -0.481 e. The summed E-state index contributed by atoms with van der Waals surface area (Å²) in [5.74, 6) is -1.82. The molecule has 0 aliphatic rings. The van der Waals surface area contributed by atoms with Gasteiger partial charge in [-0.1, -0.05) is 6.92 Å². The highest BCUT2D eigenvalue weighted by Gasteiger charge is 2.19. The molecule has 7 nitrogen and oxygen atoms in total. The van der Waals surface area contributed by atoms with Crippen LogP contribution in [0.25, 0.3) is 0 Å². The van der Waals surface area contributed by atoms with Crippen LogP contribution in [0.4, 0.5) is 0 Å². The summed E-state index contributed by atoms with van der Waals surface area (Å²) < 4.78 is 0. The predicted molar refractivity (Wildman–Crippen MR) is 50.1 cm³/mol. The number of carbonyl (C=O) groups excluding carboxylic acids is 1. The second-order valence-corrected chi connectivity index (χ2v) is 3.26. The molecule has 0 saturated carbocycles. The van der Waals surface area contributed by atoms with Crippen LogP contribution in [0.2, 0.25) is 0 Å². The highest BCUT2D eigenvalue weighted by atomic mass is 16.4. The van der Waals surface area contributed by atoms with E-state index in [4.69, 9.17) is 5.11 Å². The Labute approximate surface area is 86.1 Å². The molecule has 0 saturated heterocycles. The van der Waals surface area contributed by atoms with Gasteiger partial charge < -0.3 is 10.0 Å². The van der Waals surface area contributed by atoms with E-state index in [2.05, 4.69) is 15.2 Å². The standard InChI is InChI=1S/C8H12N4O3/c1-5(8(14)15)3-12(2)7(13)6-9-4-10-11-6/h4-5H,3H2,1-2H3,(H,14,15)(H,9,10,11). The van der Waals surface area contributed by atoms with Crippen molar-refractivity contribution in [1.82, 2.24) is 20.1 Å². The number of carboxylic acid groups (broad SMARTS) is 1. The molecule has 0 fully saturated rings. The van der Waals surface area contributed by atoms with Crippen molar-refractivity contribution in [3.05, 3.63) is 12.2 Å². The van der Waals surface area contributed by atoms with Crippen LogP contribution in [-0.4, -0.2) is 50.7 Å². The summed E-state index contributed by atoms with van der Waals surface area (Å²) in [7, 11) is 1.52. The summed E-state index contributed by atoms with van der Waals surface area (Å²) in [6.45, 7) is 1.67. The third kappa shape index (κ3) is 2.76. The predicted octanol–water partition coefficient (Wildman–Crippen LogP) is -0.403. The lowest BCUT2D eigenvalue weighted by atomic mass is 10.2. The third-order valence-electron chi connectivity index (χ3n) is 1.93. The Morgan fingerprint density at radius 3 is 2.80 bits per heavy atom. The first-order valence-electron chi connectivity index (χ1n) is 4.36. The van der Waals surface area contributed by atoms with E-state index in [1.165, 1.54) is 25.2 Å². The normalized spacial score (nSPS) is 12.1. The Hall–Kier alpha value is -1.92. The molecule has 0 radical (unpaired) electrons. The summed E-state index contributed by atoms with van der Waals surface area (Å²) in [6.07, 6.45) is 1.22. The van der Waals surface area contributed by atoms with Crippen LogP contribution in [0.5, 0.6) is 0 Å². The van der Waals surface area contributed by atoms with Gasteiger partial charge in [0.25, 0.3) is 5.91 Å². The molecule has 2 N–H and O–H groups in total. The smallest absolute Gasteiger partial charge is 0.308 e. The van der Waals surface area contributed by atoms with Gasteiger partial charge in [0.05, 0.1) is 5.92 Å². The highest BCUT2D eigenvalue weighted by molar-refractivity contribution is 5.90. The van der Waals surface area contributed by atoms with E-state index in [9.17, 15) is 9.59 Å². The second kappa shape index (κ2) is 4.54. The average molecular weight is 212 g/mol. The Balaban J connectivity index is 2.58. The van der Waals surface area contributed by atoms with E-state index in [-0.39, 0.29) is 18.3 Å². The van der Waals surface area contributed by atoms with Crippen LogP contribution in [0, 0.1) is 5.92 Å².